The fraction of sp³-hybridized carbons (Fsp3) is 0.167. The number of benzene rings is 2. The van der Waals surface area contributed by atoms with E-state index in [9.17, 15) is 19.8 Å². The van der Waals surface area contributed by atoms with E-state index in [1.807, 2.05) is 47.9 Å². The number of phenols is 1. The third kappa shape index (κ3) is 5.01. The number of anilines is 1. The quantitative estimate of drug-likeness (QED) is 0.0719. The maximum Gasteiger partial charge on any atom is 0.301 e. The summed E-state index contributed by atoms with van der Waals surface area (Å²) in [6.45, 7) is 3.67. The molecule has 1 saturated heterocycles. The van der Waals surface area contributed by atoms with E-state index in [1.165, 1.54) is 35.9 Å². The zero-order valence-electron chi connectivity index (χ0n) is 23.1. The number of carbonyl (C=O) groups excluding carboxylic acids is 2. The van der Waals surface area contributed by atoms with Crippen LogP contribution in [0.2, 0.25) is 5.02 Å². The van der Waals surface area contributed by atoms with Gasteiger partial charge in [0.05, 0.1) is 24.4 Å². The van der Waals surface area contributed by atoms with Crippen LogP contribution in [0.3, 0.4) is 0 Å². The van der Waals surface area contributed by atoms with Crippen molar-refractivity contribution < 1.29 is 24.5 Å². The van der Waals surface area contributed by atoms with Gasteiger partial charge in [-0.1, -0.05) is 65.0 Å². The van der Waals surface area contributed by atoms with Crippen molar-refractivity contribution in [2.45, 2.75) is 30.0 Å². The van der Waals surface area contributed by atoms with Crippen molar-refractivity contribution in [2.24, 2.45) is 0 Å². The number of amides is 1. The number of carbonyl (C=O) groups is 2. The molecular weight excluding hydrogens is 610 g/mol. The van der Waals surface area contributed by atoms with Gasteiger partial charge >= 0.3 is 5.91 Å². The van der Waals surface area contributed by atoms with E-state index in [0.29, 0.717) is 32.0 Å². The lowest BCUT2D eigenvalue weighted by atomic mass is 9.96. The first-order chi connectivity index (χ1) is 20.7. The second kappa shape index (κ2) is 11.4. The number of methoxy groups -OCH3 is 1. The number of pyridine rings is 1. The summed E-state index contributed by atoms with van der Waals surface area (Å²) in [5, 5.41) is 31.2. The van der Waals surface area contributed by atoms with Crippen molar-refractivity contribution in [3.63, 3.8) is 0 Å². The van der Waals surface area contributed by atoms with Gasteiger partial charge in [-0.15, -0.1) is 10.2 Å². The largest absolute Gasteiger partial charge is 0.505 e. The summed E-state index contributed by atoms with van der Waals surface area (Å²) in [5.74, 6) is -1.66. The summed E-state index contributed by atoms with van der Waals surface area (Å²) < 4.78 is 7.68. The van der Waals surface area contributed by atoms with Crippen molar-refractivity contribution in [2.75, 3.05) is 12.0 Å². The van der Waals surface area contributed by atoms with Crippen LogP contribution in [0, 0.1) is 13.8 Å². The van der Waals surface area contributed by atoms with Crippen LogP contribution in [0.5, 0.6) is 11.5 Å². The third-order valence-electron chi connectivity index (χ3n) is 7.18. The number of thioether (sulfide) groups is 1. The van der Waals surface area contributed by atoms with Crippen molar-refractivity contribution in [1.29, 1.82) is 0 Å². The summed E-state index contributed by atoms with van der Waals surface area (Å²) >= 11 is 8.83. The number of ketones is 1. The molecule has 0 bridgehead atoms. The van der Waals surface area contributed by atoms with Crippen LogP contribution in [0.1, 0.15) is 34.1 Å². The second-order valence-electron chi connectivity index (χ2n) is 9.76. The van der Waals surface area contributed by atoms with Gasteiger partial charge in [0.25, 0.3) is 5.78 Å². The van der Waals surface area contributed by atoms with Gasteiger partial charge in [-0.2, -0.15) is 0 Å². The minimum absolute atomic E-state index is 0.121. The average molecular weight is 634 g/mol. The van der Waals surface area contributed by atoms with Crippen LogP contribution in [0.15, 0.2) is 70.7 Å². The van der Waals surface area contributed by atoms with Gasteiger partial charge in [-0.05, 0) is 54.8 Å². The standard InChI is InChI=1S/C30H24ClN5O5S2/c1-15-7-6-12-35-16(2)23(32-27(15)35)25(38)22-24(17-10-11-20(37)21(13-17)41-3)36(28(40)26(22)39)29-33-34-30(43-29)42-14-18-8-4-5-9-19(18)31/h4-13,24,37-38H,14H2,1-3H3. The maximum atomic E-state index is 13.7. The Balaban J connectivity index is 1.47. The normalized spacial score (nSPS) is 16.4. The molecular formula is C30H24ClN5O5S2. The van der Waals surface area contributed by atoms with Crippen LogP contribution in [0.25, 0.3) is 11.4 Å². The monoisotopic (exact) mass is 633 g/mol. The minimum Gasteiger partial charge on any atom is -0.505 e. The Bertz CT molecular complexity index is 1950. The van der Waals surface area contributed by atoms with Crippen molar-refractivity contribution in [3.8, 4) is 11.5 Å². The first kappa shape index (κ1) is 28.7. The summed E-state index contributed by atoms with van der Waals surface area (Å²) in [5.41, 5.74) is 3.43. The topological polar surface area (TPSA) is 130 Å². The van der Waals surface area contributed by atoms with Crippen molar-refractivity contribution in [1.82, 2.24) is 19.6 Å². The summed E-state index contributed by atoms with van der Waals surface area (Å²) in [4.78, 5) is 33.1. The van der Waals surface area contributed by atoms with E-state index in [2.05, 4.69) is 15.2 Å². The molecule has 13 heteroatoms. The number of aromatic hydroxyl groups is 1. The number of Topliss-reactive ketones (excluding diaryl/α,β-unsaturated/α-hetero) is 1. The molecule has 0 radical (unpaired) electrons. The Hall–Kier alpha value is -4.39. The number of aliphatic hydroxyl groups excluding tert-OH is 1. The SMILES string of the molecule is COc1cc(C2C(=C(O)c3nc4c(C)cccn4c3C)C(=O)C(=O)N2c2nnc(SCc3ccccc3Cl)s2)ccc1O. The van der Waals surface area contributed by atoms with Gasteiger partial charge in [-0.25, -0.2) is 4.98 Å². The molecule has 43 heavy (non-hydrogen) atoms. The highest BCUT2D eigenvalue weighted by molar-refractivity contribution is 8.00. The van der Waals surface area contributed by atoms with Crippen LogP contribution in [0.4, 0.5) is 5.13 Å². The third-order valence-corrected chi connectivity index (χ3v) is 9.66. The molecule has 2 aromatic carbocycles. The van der Waals surface area contributed by atoms with Gasteiger partial charge in [-0.3, -0.25) is 14.5 Å². The summed E-state index contributed by atoms with van der Waals surface area (Å²) in [6.07, 6.45) is 1.81. The van der Waals surface area contributed by atoms with Gasteiger partial charge in [0.1, 0.15) is 11.3 Å². The zero-order chi connectivity index (χ0) is 30.4. The second-order valence-corrected chi connectivity index (χ2v) is 12.3. The molecule has 3 aromatic heterocycles. The van der Waals surface area contributed by atoms with Crippen molar-refractivity contribution >= 4 is 62.9 Å². The highest BCUT2D eigenvalue weighted by Crippen LogP contribution is 2.45. The molecule has 0 saturated carbocycles. The molecule has 2 N–H and O–H groups in total. The molecule has 1 unspecified atom stereocenters. The number of ether oxygens (including phenoxy) is 1. The number of nitrogens with zero attached hydrogens (tertiary/aromatic N) is 5. The molecule has 218 valence electrons. The average Bonchev–Trinajstić information content (AvgIpc) is 3.68. The number of halogens is 1. The lowest BCUT2D eigenvalue weighted by molar-refractivity contribution is -0.132. The molecule has 0 spiro atoms. The number of aliphatic hydroxyl groups is 1. The lowest BCUT2D eigenvalue weighted by Gasteiger charge is -2.23. The van der Waals surface area contributed by atoms with E-state index >= 15 is 0 Å². The molecule has 1 amide bonds. The lowest BCUT2D eigenvalue weighted by Crippen LogP contribution is -2.29. The van der Waals surface area contributed by atoms with E-state index in [-0.39, 0.29) is 27.9 Å². The predicted molar refractivity (Wildman–Crippen MR) is 165 cm³/mol. The number of fused-ring (bicyclic) bond motifs is 1. The first-order valence-electron chi connectivity index (χ1n) is 13.0. The number of hydrogen-bond donors (Lipinski definition) is 2. The zero-order valence-corrected chi connectivity index (χ0v) is 25.5. The highest BCUT2D eigenvalue weighted by Gasteiger charge is 2.49. The number of rotatable bonds is 7. The smallest absolute Gasteiger partial charge is 0.301 e. The van der Waals surface area contributed by atoms with Gasteiger partial charge in [0.2, 0.25) is 5.13 Å². The maximum absolute atomic E-state index is 13.7. The number of imidazole rings is 1. The molecule has 1 aliphatic rings. The first-order valence-corrected chi connectivity index (χ1v) is 15.2. The van der Waals surface area contributed by atoms with Crippen LogP contribution in [-0.2, 0) is 15.3 Å². The Morgan fingerprint density at radius 3 is 2.65 bits per heavy atom. The number of phenolic OH excluding ortho intramolecular Hbond substituents is 1. The molecule has 1 fully saturated rings. The molecule has 4 heterocycles. The minimum atomic E-state index is -1.10. The van der Waals surface area contributed by atoms with E-state index in [0.717, 1.165) is 22.5 Å². The fourth-order valence-electron chi connectivity index (χ4n) is 5.00. The Morgan fingerprint density at radius 2 is 1.91 bits per heavy atom. The number of aryl methyl sites for hydroxylation is 2. The van der Waals surface area contributed by atoms with Crippen LogP contribution < -0.4 is 9.64 Å². The Labute approximate surface area is 259 Å². The van der Waals surface area contributed by atoms with E-state index < -0.39 is 23.5 Å². The number of hydrogen-bond acceptors (Lipinski definition) is 10. The molecule has 1 aliphatic heterocycles. The van der Waals surface area contributed by atoms with Crippen LogP contribution in [-0.4, -0.2) is 48.6 Å². The molecule has 1 atom stereocenters. The van der Waals surface area contributed by atoms with Gasteiger partial charge in [0.15, 0.2) is 21.6 Å². The van der Waals surface area contributed by atoms with Crippen LogP contribution >= 0.6 is 34.7 Å². The molecule has 10 nitrogen and oxygen atoms in total. The fourth-order valence-corrected chi connectivity index (χ4v) is 7.15. The molecule has 6 rings (SSSR count). The summed E-state index contributed by atoms with van der Waals surface area (Å²) in [7, 11) is 1.39. The van der Waals surface area contributed by atoms with E-state index in [4.69, 9.17) is 16.3 Å². The molecule has 0 aliphatic carbocycles. The Morgan fingerprint density at radius 1 is 1.12 bits per heavy atom. The van der Waals surface area contributed by atoms with Gasteiger partial charge < -0.3 is 19.4 Å². The highest BCUT2D eigenvalue weighted by atomic mass is 35.5. The van der Waals surface area contributed by atoms with E-state index in [1.54, 1.807) is 19.1 Å². The number of aromatic nitrogens is 4. The predicted octanol–water partition coefficient (Wildman–Crippen LogP) is 6.09. The molecule has 5 aromatic rings. The van der Waals surface area contributed by atoms with Crippen molar-refractivity contribution in [3.05, 3.63) is 99.5 Å². The van der Waals surface area contributed by atoms with Gasteiger partial charge in [0, 0.05) is 17.0 Å². The Kier molecular flexibility index (Phi) is 7.59. The summed E-state index contributed by atoms with van der Waals surface area (Å²) in [6, 6.07) is 14.6.